The zero-order valence-corrected chi connectivity index (χ0v) is 28.4. The molecule has 1 fully saturated rings. The SMILES string of the molecule is C=S1(=O)NC(=O)c2ccc3c(c2)N(C[C@@H]2CC[C@H]2[C@@H](OC(C)C)CCC[C@H](C)[C@H]1C)C[C@@]1(CCCc2cc(Cl)ccc21)CO3. The van der Waals surface area contributed by atoms with E-state index < -0.39 is 9.71 Å². The molecule has 2 aromatic rings. The summed E-state index contributed by atoms with van der Waals surface area (Å²) in [4.78, 5) is 16.1. The molecule has 8 heteroatoms. The molecule has 2 aliphatic carbocycles. The van der Waals surface area contributed by atoms with E-state index in [-0.39, 0.29) is 34.7 Å². The van der Waals surface area contributed by atoms with Crippen LogP contribution in [0.3, 0.4) is 0 Å². The van der Waals surface area contributed by atoms with E-state index in [4.69, 9.17) is 21.1 Å². The fourth-order valence-corrected chi connectivity index (χ4v) is 9.84. The van der Waals surface area contributed by atoms with Crippen molar-refractivity contribution in [3.05, 3.63) is 58.1 Å². The van der Waals surface area contributed by atoms with Gasteiger partial charge in [0.15, 0.2) is 0 Å². The van der Waals surface area contributed by atoms with Crippen LogP contribution in [0.25, 0.3) is 0 Å². The minimum absolute atomic E-state index is 0.158. The summed E-state index contributed by atoms with van der Waals surface area (Å²) in [6.07, 6.45) is 8.77. The predicted octanol–water partition coefficient (Wildman–Crippen LogP) is 7.20. The highest BCUT2D eigenvalue weighted by atomic mass is 35.5. The van der Waals surface area contributed by atoms with Crippen LogP contribution in [0, 0.1) is 17.8 Å². The number of amides is 1. The maximum Gasteiger partial charge on any atom is 0.262 e. The lowest BCUT2D eigenvalue weighted by Gasteiger charge is -2.47. The number of nitrogens with one attached hydrogen (secondary N) is 1. The van der Waals surface area contributed by atoms with Crippen molar-refractivity contribution in [1.82, 2.24) is 4.72 Å². The molecule has 1 amide bonds. The number of aryl methyl sites for hydroxylation is 1. The van der Waals surface area contributed by atoms with E-state index in [0.717, 1.165) is 68.1 Å². The van der Waals surface area contributed by atoms with E-state index in [1.807, 2.05) is 25.1 Å². The summed E-state index contributed by atoms with van der Waals surface area (Å²) in [6.45, 7) is 10.6. The van der Waals surface area contributed by atoms with Gasteiger partial charge in [-0.25, -0.2) is 4.21 Å². The van der Waals surface area contributed by atoms with Crippen molar-refractivity contribution in [2.24, 2.45) is 17.8 Å². The van der Waals surface area contributed by atoms with Gasteiger partial charge in [-0.15, -0.1) is 0 Å². The number of benzene rings is 2. The van der Waals surface area contributed by atoms with Gasteiger partial charge >= 0.3 is 0 Å². The van der Waals surface area contributed by atoms with E-state index in [9.17, 15) is 9.00 Å². The Hall–Kier alpha value is -2.22. The third kappa shape index (κ3) is 6.26. The highest BCUT2D eigenvalue weighted by molar-refractivity contribution is 7.99. The molecule has 44 heavy (non-hydrogen) atoms. The first kappa shape index (κ1) is 31.7. The Balaban J connectivity index is 1.42. The minimum atomic E-state index is -2.86. The van der Waals surface area contributed by atoms with Crippen LogP contribution in [0.4, 0.5) is 5.69 Å². The monoisotopic (exact) mass is 640 g/mol. The van der Waals surface area contributed by atoms with Crippen molar-refractivity contribution in [3.63, 3.8) is 0 Å². The van der Waals surface area contributed by atoms with E-state index in [2.05, 4.69) is 48.4 Å². The van der Waals surface area contributed by atoms with E-state index in [0.29, 0.717) is 24.0 Å². The molecular weight excluding hydrogens is 592 g/mol. The largest absolute Gasteiger partial charge is 0.490 e. The molecule has 2 aliphatic heterocycles. The van der Waals surface area contributed by atoms with Crippen LogP contribution in [0.5, 0.6) is 5.75 Å². The van der Waals surface area contributed by atoms with Crippen LogP contribution in [-0.2, 0) is 26.3 Å². The number of carbonyl (C=O) groups is 1. The normalized spacial score (nSPS) is 34.3. The number of carbonyl (C=O) groups excluding carboxylic acids is 1. The third-order valence-electron chi connectivity index (χ3n) is 11.0. The number of anilines is 1. The average Bonchev–Trinajstić information content (AvgIpc) is 3.10. The van der Waals surface area contributed by atoms with Crippen LogP contribution < -0.4 is 14.4 Å². The molecule has 1 saturated carbocycles. The Labute approximate surface area is 269 Å². The molecule has 1 unspecified atom stereocenters. The Morgan fingerprint density at radius 1 is 1.11 bits per heavy atom. The maximum atomic E-state index is 13.8. The number of fused-ring (bicyclic) bond motifs is 4. The molecule has 7 atom stereocenters. The number of halogens is 1. The number of hydrogen-bond donors (Lipinski definition) is 1. The van der Waals surface area contributed by atoms with Crippen molar-refractivity contribution in [2.75, 3.05) is 24.6 Å². The highest BCUT2D eigenvalue weighted by Crippen LogP contribution is 2.47. The minimum Gasteiger partial charge on any atom is -0.490 e. The van der Waals surface area contributed by atoms with Gasteiger partial charge in [0.2, 0.25) is 0 Å². The number of nitrogens with zero attached hydrogens (tertiary/aromatic N) is 1. The molecule has 1 N–H and O–H groups in total. The zero-order chi connectivity index (χ0) is 31.2. The second-order valence-corrected chi connectivity index (χ2v) is 17.1. The molecule has 1 spiro atoms. The Kier molecular flexibility index (Phi) is 9.04. The number of rotatable bonds is 2. The molecule has 0 saturated heterocycles. The first-order chi connectivity index (χ1) is 21.0. The molecule has 2 bridgehead atoms. The fraction of sp³-hybridized carbons (Fsp3) is 0.611. The summed E-state index contributed by atoms with van der Waals surface area (Å²) in [6, 6.07) is 12.0. The summed E-state index contributed by atoms with van der Waals surface area (Å²) in [5, 5.41) is 0.527. The Morgan fingerprint density at radius 2 is 1.93 bits per heavy atom. The lowest BCUT2D eigenvalue weighted by Crippen LogP contribution is -2.50. The summed E-state index contributed by atoms with van der Waals surface area (Å²) in [5.41, 5.74) is 3.89. The maximum absolute atomic E-state index is 13.8. The van der Waals surface area contributed by atoms with Crippen molar-refractivity contribution in [1.29, 1.82) is 0 Å². The second kappa shape index (κ2) is 12.5. The van der Waals surface area contributed by atoms with E-state index in [1.165, 1.54) is 24.0 Å². The zero-order valence-electron chi connectivity index (χ0n) is 26.8. The summed E-state index contributed by atoms with van der Waals surface area (Å²) in [5.74, 6) is 5.62. The molecular formula is C36H49ClN2O4S. The van der Waals surface area contributed by atoms with Gasteiger partial charge in [0.05, 0.1) is 34.2 Å². The van der Waals surface area contributed by atoms with E-state index >= 15 is 0 Å². The molecule has 0 radical (unpaired) electrons. The quantitative estimate of drug-likeness (QED) is 0.352. The fourth-order valence-electron chi connectivity index (χ4n) is 8.14. The van der Waals surface area contributed by atoms with Gasteiger partial charge in [-0.2, -0.15) is 0 Å². The summed E-state index contributed by atoms with van der Waals surface area (Å²) in [7, 11) is -2.86. The molecule has 6 rings (SSSR count). The van der Waals surface area contributed by atoms with Crippen molar-refractivity contribution >= 4 is 38.8 Å². The summed E-state index contributed by atoms with van der Waals surface area (Å²) < 4.78 is 29.9. The number of hydrogen-bond acceptors (Lipinski definition) is 5. The smallest absolute Gasteiger partial charge is 0.262 e. The molecule has 2 aromatic carbocycles. The topological polar surface area (TPSA) is 67.9 Å². The predicted molar refractivity (Wildman–Crippen MR) is 182 cm³/mol. The lowest BCUT2D eigenvalue weighted by atomic mass is 9.68. The molecule has 2 heterocycles. The van der Waals surface area contributed by atoms with Crippen LogP contribution >= 0.6 is 11.6 Å². The Bertz CT molecular complexity index is 1490. The van der Waals surface area contributed by atoms with Crippen molar-refractivity contribution in [3.8, 4) is 5.75 Å². The van der Waals surface area contributed by atoms with Gasteiger partial charge in [-0.1, -0.05) is 31.0 Å². The lowest BCUT2D eigenvalue weighted by molar-refractivity contribution is -0.0741. The van der Waals surface area contributed by atoms with Gasteiger partial charge < -0.3 is 14.4 Å². The van der Waals surface area contributed by atoms with Crippen LogP contribution in [0.15, 0.2) is 36.4 Å². The molecule has 0 aromatic heterocycles. The first-order valence-electron chi connectivity index (χ1n) is 16.6. The van der Waals surface area contributed by atoms with Crippen LogP contribution in [-0.4, -0.2) is 53.1 Å². The summed E-state index contributed by atoms with van der Waals surface area (Å²) >= 11 is 6.45. The third-order valence-corrected chi connectivity index (χ3v) is 13.4. The van der Waals surface area contributed by atoms with Crippen molar-refractivity contribution in [2.45, 2.75) is 102 Å². The van der Waals surface area contributed by atoms with Gasteiger partial charge in [0, 0.05) is 34.3 Å². The second-order valence-electron chi connectivity index (χ2n) is 14.3. The number of ether oxygens (including phenoxy) is 2. The van der Waals surface area contributed by atoms with Crippen molar-refractivity contribution < 1.29 is 18.5 Å². The van der Waals surface area contributed by atoms with Crippen LogP contribution in [0.1, 0.15) is 94.1 Å². The molecule has 240 valence electrons. The Morgan fingerprint density at radius 3 is 2.68 bits per heavy atom. The molecule has 4 aliphatic rings. The van der Waals surface area contributed by atoms with Gasteiger partial charge in [-0.3, -0.25) is 9.52 Å². The van der Waals surface area contributed by atoms with Crippen LogP contribution in [0.2, 0.25) is 5.02 Å². The van der Waals surface area contributed by atoms with E-state index in [1.54, 1.807) is 6.07 Å². The molecule has 6 nitrogen and oxygen atoms in total. The van der Waals surface area contributed by atoms with Gasteiger partial charge in [0.1, 0.15) is 5.75 Å². The average molecular weight is 641 g/mol. The first-order valence-corrected chi connectivity index (χ1v) is 18.8. The standard InChI is InChI=1S/C36H49ClN2O4S/c1-23(2)43-33-10-6-8-24(3)25(4)44(5,41)38-35(40)27-12-16-34-32(19-27)39(20-28-11-14-30(28)33)21-36(22-42-34)17-7-9-26-18-29(37)13-15-31(26)36/h12-13,15-16,18-19,23-25,28,30,33H,5-11,14,17,20-22H2,1-4H3,(H,38,40,41)/t24-,25+,28-,30+,33-,36-,44?/m0/s1. The van der Waals surface area contributed by atoms with Gasteiger partial charge in [0.25, 0.3) is 5.91 Å². The highest BCUT2D eigenvalue weighted by Gasteiger charge is 2.45. The van der Waals surface area contributed by atoms with Gasteiger partial charge in [-0.05, 0) is 131 Å².